The van der Waals surface area contributed by atoms with Gasteiger partial charge >= 0.3 is 0 Å². The first kappa shape index (κ1) is 25.3. The molecule has 0 saturated heterocycles. The molecule has 0 amide bonds. The van der Waals surface area contributed by atoms with Gasteiger partial charge in [0.25, 0.3) is 6.71 Å². The summed E-state index contributed by atoms with van der Waals surface area (Å²) in [5, 5.41) is 2.57. The fourth-order valence-corrected chi connectivity index (χ4v) is 7.44. The Morgan fingerprint density at radius 1 is 0.614 bits per heavy atom. The summed E-state index contributed by atoms with van der Waals surface area (Å²) in [6, 6.07) is 48.2. The summed E-state index contributed by atoms with van der Waals surface area (Å²) in [6.45, 7) is 6.92. The van der Waals surface area contributed by atoms with E-state index in [4.69, 9.17) is 4.74 Å². The van der Waals surface area contributed by atoms with Crippen molar-refractivity contribution in [2.24, 2.45) is 0 Å². The molecule has 3 nitrogen and oxygen atoms in total. The monoisotopic (exact) mass is 566 g/mol. The first-order valence-electron chi connectivity index (χ1n) is 15.4. The molecule has 2 aliphatic heterocycles. The molecule has 7 aromatic rings. The Kier molecular flexibility index (Phi) is 5.26. The maximum atomic E-state index is 6.91. The average Bonchev–Trinajstić information content (AvgIpc) is 3.39. The fraction of sp³-hybridized carbons (Fsp3) is 0.100. The van der Waals surface area contributed by atoms with Crippen molar-refractivity contribution in [3.63, 3.8) is 0 Å². The second-order valence-electron chi connectivity index (χ2n) is 13.0. The highest BCUT2D eigenvalue weighted by Gasteiger charge is 2.43. The number of benzene rings is 6. The van der Waals surface area contributed by atoms with Gasteiger partial charge in [-0.15, -0.1) is 0 Å². The van der Waals surface area contributed by atoms with Gasteiger partial charge < -0.3 is 14.2 Å². The van der Waals surface area contributed by atoms with Crippen LogP contribution >= 0.6 is 0 Å². The quantitative estimate of drug-likeness (QED) is 0.200. The van der Waals surface area contributed by atoms with Crippen LogP contribution in [-0.2, 0) is 5.41 Å². The molecular formula is C40H31BN2O. The number of hydrogen-bond donors (Lipinski definition) is 0. The lowest BCUT2D eigenvalue weighted by atomic mass is 9.34. The molecule has 44 heavy (non-hydrogen) atoms. The Morgan fingerprint density at radius 3 is 2.00 bits per heavy atom. The van der Waals surface area contributed by atoms with Gasteiger partial charge in [-0.1, -0.05) is 93.6 Å². The van der Waals surface area contributed by atoms with E-state index in [9.17, 15) is 0 Å². The van der Waals surface area contributed by atoms with Gasteiger partial charge in [-0.3, -0.25) is 0 Å². The molecule has 210 valence electrons. The maximum absolute atomic E-state index is 6.91. The SMILES string of the molecule is CC(C)(C)c1cc2c3ccccc3n3c2c2c1Oc1ccccc1B2c1cc(N(c2ccccc2)c2ccccc2)ccc1-3. The van der Waals surface area contributed by atoms with Crippen molar-refractivity contribution >= 4 is 62.0 Å². The van der Waals surface area contributed by atoms with Crippen LogP contribution in [0.4, 0.5) is 17.1 Å². The Balaban J connectivity index is 1.41. The molecule has 0 N–H and O–H groups in total. The van der Waals surface area contributed by atoms with Gasteiger partial charge in [0.15, 0.2) is 0 Å². The van der Waals surface area contributed by atoms with Gasteiger partial charge in [0.05, 0.1) is 11.0 Å². The topological polar surface area (TPSA) is 17.4 Å². The molecule has 0 fully saturated rings. The molecule has 0 saturated carbocycles. The highest BCUT2D eigenvalue weighted by atomic mass is 16.5. The van der Waals surface area contributed by atoms with E-state index in [1.54, 1.807) is 0 Å². The number of ether oxygens (including phenoxy) is 1. The molecule has 0 bridgehead atoms. The first-order chi connectivity index (χ1) is 21.5. The largest absolute Gasteiger partial charge is 0.458 e. The number of aromatic nitrogens is 1. The molecule has 4 heteroatoms. The van der Waals surface area contributed by atoms with Gasteiger partial charge in [0.1, 0.15) is 11.5 Å². The Hall–Kier alpha value is -5.22. The lowest BCUT2D eigenvalue weighted by molar-refractivity contribution is 0.460. The molecule has 0 spiro atoms. The number of para-hydroxylation sites is 4. The third-order valence-corrected chi connectivity index (χ3v) is 9.34. The van der Waals surface area contributed by atoms with E-state index < -0.39 is 0 Å². The molecule has 0 atom stereocenters. The third kappa shape index (κ3) is 3.51. The third-order valence-electron chi connectivity index (χ3n) is 9.34. The lowest BCUT2D eigenvalue weighted by Gasteiger charge is -2.36. The van der Waals surface area contributed by atoms with Crippen molar-refractivity contribution in [2.75, 3.05) is 4.90 Å². The van der Waals surface area contributed by atoms with Crippen molar-refractivity contribution in [1.82, 2.24) is 4.57 Å². The minimum atomic E-state index is -0.0976. The molecule has 2 aliphatic rings. The van der Waals surface area contributed by atoms with Crippen LogP contribution < -0.4 is 26.0 Å². The first-order valence-corrected chi connectivity index (χ1v) is 15.4. The summed E-state index contributed by atoms with van der Waals surface area (Å²) in [5.74, 6) is 1.95. The molecule has 6 aromatic carbocycles. The number of anilines is 3. The van der Waals surface area contributed by atoms with Crippen molar-refractivity contribution in [1.29, 1.82) is 0 Å². The van der Waals surface area contributed by atoms with Crippen LogP contribution in [0.5, 0.6) is 11.5 Å². The minimum absolute atomic E-state index is 0.0416. The van der Waals surface area contributed by atoms with Crippen LogP contribution in [0, 0.1) is 0 Å². The van der Waals surface area contributed by atoms with E-state index in [-0.39, 0.29) is 12.1 Å². The van der Waals surface area contributed by atoms with Gasteiger partial charge in [-0.25, -0.2) is 0 Å². The standard InChI is InChI=1S/C40H31BN2O/c1-40(2,3)31-25-30-29-18-10-12-20-34(29)43-35-23-22-28(42(26-14-6-4-7-15-26)27-16-8-5-9-17-27)24-33(35)41-32-19-11-13-21-36(32)44-39(31)37(41)38(30)43/h4-25H,1-3H3. The van der Waals surface area contributed by atoms with Gasteiger partial charge in [0, 0.05) is 39.1 Å². The summed E-state index contributed by atoms with van der Waals surface area (Å²) in [7, 11) is 0. The normalized spacial score (nSPS) is 13.0. The highest BCUT2D eigenvalue weighted by molar-refractivity contribution is 6.99. The van der Waals surface area contributed by atoms with Crippen molar-refractivity contribution in [3.8, 4) is 17.2 Å². The van der Waals surface area contributed by atoms with E-state index in [0.29, 0.717) is 0 Å². The van der Waals surface area contributed by atoms with Gasteiger partial charge in [0.2, 0.25) is 0 Å². The molecular weight excluding hydrogens is 535 g/mol. The van der Waals surface area contributed by atoms with E-state index >= 15 is 0 Å². The Morgan fingerprint density at radius 2 is 1.27 bits per heavy atom. The van der Waals surface area contributed by atoms with E-state index in [1.807, 2.05) is 0 Å². The number of fused-ring (bicyclic) bond motifs is 8. The second-order valence-corrected chi connectivity index (χ2v) is 13.0. The number of hydrogen-bond acceptors (Lipinski definition) is 2. The zero-order valence-electron chi connectivity index (χ0n) is 25.1. The van der Waals surface area contributed by atoms with Crippen LogP contribution in [-0.4, -0.2) is 11.3 Å². The maximum Gasteiger partial charge on any atom is 0.256 e. The summed E-state index contributed by atoms with van der Waals surface area (Å²) >= 11 is 0. The lowest BCUT2D eigenvalue weighted by Crippen LogP contribution is -2.58. The van der Waals surface area contributed by atoms with E-state index in [0.717, 1.165) is 28.6 Å². The molecule has 0 radical (unpaired) electrons. The summed E-state index contributed by atoms with van der Waals surface area (Å²) in [4.78, 5) is 2.36. The second kappa shape index (κ2) is 9.14. The predicted octanol–water partition coefficient (Wildman–Crippen LogP) is 8.49. The van der Waals surface area contributed by atoms with Crippen LogP contribution in [0.3, 0.4) is 0 Å². The average molecular weight is 567 g/mol. The molecule has 0 aliphatic carbocycles. The molecule has 0 unspecified atom stereocenters. The van der Waals surface area contributed by atoms with Crippen LogP contribution in [0.1, 0.15) is 26.3 Å². The zero-order chi connectivity index (χ0) is 29.6. The molecule has 9 rings (SSSR count). The predicted molar refractivity (Wildman–Crippen MR) is 185 cm³/mol. The minimum Gasteiger partial charge on any atom is -0.458 e. The summed E-state index contributed by atoms with van der Waals surface area (Å²) < 4.78 is 9.39. The zero-order valence-corrected chi connectivity index (χ0v) is 25.1. The Labute approximate surface area is 258 Å². The molecule has 3 heterocycles. The van der Waals surface area contributed by atoms with Crippen LogP contribution in [0.25, 0.3) is 27.5 Å². The number of nitrogens with zero attached hydrogens (tertiary/aromatic N) is 2. The van der Waals surface area contributed by atoms with Gasteiger partial charge in [-0.05, 0) is 82.5 Å². The van der Waals surface area contributed by atoms with Crippen LogP contribution in [0.2, 0.25) is 0 Å². The Bertz CT molecular complexity index is 2210. The van der Waals surface area contributed by atoms with Gasteiger partial charge in [-0.2, -0.15) is 0 Å². The smallest absolute Gasteiger partial charge is 0.256 e. The van der Waals surface area contributed by atoms with Crippen LogP contribution in [0.15, 0.2) is 133 Å². The summed E-state index contributed by atoms with van der Waals surface area (Å²) in [6.07, 6.45) is 0. The van der Waals surface area contributed by atoms with E-state index in [2.05, 4.69) is 164 Å². The van der Waals surface area contributed by atoms with E-state index in [1.165, 1.54) is 49.4 Å². The van der Waals surface area contributed by atoms with Crippen molar-refractivity contribution in [2.45, 2.75) is 26.2 Å². The molecule has 1 aromatic heterocycles. The van der Waals surface area contributed by atoms with Crippen molar-refractivity contribution in [3.05, 3.63) is 139 Å². The number of rotatable bonds is 3. The highest BCUT2D eigenvalue weighted by Crippen LogP contribution is 2.44. The van der Waals surface area contributed by atoms with Crippen molar-refractivity contribution < 1.29 is 4.74 Å². The fourth-order valence-electron chi connectivity index (χ4n) is 7.44. The summed E-state index contributed by atoms with van der Waals surface area (Å²) in [5.41, 5.74) is 12.0.